The molecule has 12 heavy (non-hydrogen) atoms. The number of aromatic amines is 2. The molecule has 3 N–H and O–H groups in total. The fourth-order valence-corrected chi connectivity index (χ4v) is 0.801. The highest BCUT2D eigenvalue weighted by atomic mass is 16.3. The van der Waals surface area contributed by atoms with E-state index < -0.39 is 28.5 Å². The molecule has 0 aliphatic rings. The third-order valence-electron chi connectivity index (χ3n) is 1.27. The van der Waals surface area contributed by atoms with Crippen molar-refractivity contribution >= 4 is 5.78 Å². The number of hydrogen-bond donors (Lipinski definition) is 3. The molecule has 0 saturated carbocycles. The van der Waals surface area contributed by atoms with Crippen molar-refractivity contribution in [2.45, 2.75) is 6.92 Å². The molecule has 0 spiro atoms. The van der Waals surface area contributed by atoms with Crippen LogP contribution in [0, 0.1) is 0 Å². The predicted octanol–water partition coefficient (Wildman–Crippen LogP) is -1.03. The number of nitrogens with one attached hydrogen (secondary N) is 2. The second-order valence-corrected chi connectivity index (χ2v) is 2.19. The zero-order valence-electron chi connectivity index (χ0n) is 6.17. The molecular formula is C6H6N2O4. The molecule has 64 valence electrons. The van der Waals surface area contributed by atoms with E-state index in [-0.39, 0.29) is 0 Å². The van der Waals surface area contributed by atoms with Crippen molar-refractivity contribution in [2.75, 3.05) is 0 Å². The molecule has 0 radical (unpaired) electrons. The van der Waals surface area contributed by atoms with Crippen LogP contribution in [0.3, 0.4) is 0 Å². The molecule has 0 fully saturated rings. The minimum absolute atomic E-state index is 0.436. The van der Waals surface area contributed by atoms with Crippen molar-refractivity contribution in [3.05, 3.63) is 26.4 Å². The van der Waals surface area contributed by atoms with Gasteiger partial charge in [0, 0.05) is 0 Å². The number of Topliss-reactive ketones (excluding diaryl/α,β-unsaturated/α-hetero) is 1. The lowest BCUT2D eigenvalue weighted by Gasteiger charge is -1.95. The standard InChI is InChI=1S/C6H6N2O4/c1-2(9)3-4(10)7-6(12)8-5(3)11/h1H3,(H3,7,8,10,11,12). The molecular weight excluding hydrogens is 164 g/mol. The number of aromatic nitrogens is 2. The van der Waals surface area contributed by atoms with Gasteiger partial charge in [-0.15, -0.1) is 0 Å². The largest absolute Gasteiger partial charge is 0.494 e. The highest BCUT2D eigenvalue weighted by Gasteiger charge is 2.12. The Morgan fingerprint density at radius 1 is 1.33 bits per heavy atom. The van der Waals surface area contributed by atoms with Crippen LogP contribution in [0.15, 0.2) is 9.59 Å². The molecule has 0 saturated heterocycles. The molecule has 0 aromatic carbocycles. The Hall–Kier alpha value is -1.85. The summed E-state index contributed by atoms with van der Waals surface area (Å²) in [7, 11) is 0. The zero-order chi connectivity index (χ0) is 9.30. The van der Waals surface area contributed by atoms with E-state index in [0.29, 0.717) is 0 Å². The first-order valence-electron chi connectivity index (χ1n) is 3.09. The Morgan fingerprint density at radius 3 is 2.33 bits per heavy atom. The topological polar surface area (TPSA) is 103 Å². The molecule has 0 amide bonds. The molecule has 6 nitrogen and oxygen atoms in total. The van der Waals surface area contributed by atoms with Crippen molar-refractivity contribution in [1.82, 2.24) is 9.97 Å². The van der Waals surface area contributed by atoms with Gasteiger partial charge in [-0.25, -0.2) is 4.79 Å². The van der Waals surface area contributed by atoms with E-state index >= 15 is 0 Å². The maximum absolute atomic E-state index is 10.8. The number of aromatic hydroxyl groups is 1. The first-order chi connectivity index (χ1) is 5.52. The van der Waals surface area contributed by atoms with Crippen molar-refractivity contribution in [2.24, 2.45) is 0 Å². The summed E-state index contributed by atoms with van der Waals surface area (Å²) < 4.78 is 0. The summed E-state index contributed by atoms with van der Waals surface area (Å²) in [5, 5.41) is 8.95. The zero-order valence-corrected chi connectivity index (χ0v) is 6.17. The summed E-state index contributed by atoms with van der Waals surface area (Å²) in [5.74, 6) is -1.30. The molecule has 0 aliphatic carbocycles. The van der Waals surface area contributed by atoms with Crippen LogP contribution in [0.4, 0.5) is 0 Å². The van der Waals surface area contributed by atoms with Gasteiger partial charge in [-0.2, -0.15) is 0 Å². The average Bonchev–Trinajstić information content (AvgIpc) is 1.82. The lowest BCUT2D eigenvalue weighted by molar-refractivity contribution is 0.101. The molecule has 0 atom stereocenters. The van der Waals surface area contributed by atoms with Gasteiger partial charge >= 0.3 is 5.69 Å². The van der Waals surface area contributed by atoms with Gasteiger partial charge in [0.2, 0.25) is 5.88 Å². The first kappa shape index (κ1) is 8.25. The van der Waals surface area contributed by atoms with Gasteiger partial charge < -0.3 is 5.11 Å². The Bertz CT molecular complexity index is 428. The van der Waals surface area contributed by atoms with Crippen molar-refractivity contribution in [1.29, 1.82) is 0 Å². The van der Waals surface area contributed by atoms with Gasteiger partial charge in [-0.3, -0.25) is 19.6 Å². The van der Waals surface area contributed by atoms with E-state index in [9.17, 15) is 14.4 Å². The summed E-state index contributed by atoms with van der Waals surface area (Å²) in [6.07, 6.45) is 0. The van der Waals surface area contributed by atoms with Crippen LogP contribution >= 0.6 is 0 Å². The van der Waals surface area contributed by atoms with Gasteiger partial charge in [0.15, 0.2) is 5.78 Å². The lowest BCUT2D eigenvalue weighted by Crippen LogP contribution is -2.26. The predicted molar refractivity (Wildman–Crippen MR) is 39.4 cm³/mol. The fraction of sp³-hybridized carbons (Fsp3) is 0.167. The van der Waals surface area contributed by atoms with E-state index in [2.05, 4.69) is 0 Å². The smallest absolute Gasteiger partial charge is 0.328 e. The lowest BCUT2D eigenvalue weighted by atomic mass is 10.2. The Kier molecular flexibility index (Phi) is 1.82. The van der Waals surface area contributed by atoms with Gasteiger partial charge in [-0.1, -0.05) is 0 Å². The molecule has 0 aliphatic heterocycles. The Labute approximate surface area is 65.9 Å². The number of ketones is 1. The molecule has 1 aromatic rings. The minimum Gasteiger partial charge on any atom is -0.494 e. The molecule has 0 unspecified atom stereocenters. The number of carbonyl (C=O) groups is 1. The SMILES string of the molecule is CC(=O)c1c(O)[nH]c(=O)[nH]c1=O. The van der Waals surface area contributed by atoms with E-state index in [1.54, 1.807) is 0 Å². The fourth-order valence-electron chi connectivity index (χ4n) is 0.801. The van der Waals surface area contributed by atoms with E-state index in [0.717, 1.165) is 6.92 Å². The molecule has 0 bridgehead atoms. The maximum Gasteiger partial charge on any atom is 0.328 e. The van der Waals surface area contributed by atoms with E-state index in [1.807, 2.05) is 9.97 Å². The van der Waals surface area contributed by atoms with Crippen LogP contribution in [0.1, 0.15) is 17.3 Å². The summed E-state index contributed by atoms with van der Waals surface area (Å²) >= 11 is 0. The number of carbonyl (C=O) groups excluding carboxylic acids is 1. The van der Waals surface area contributed by atoms with Crippen molar-refractivity contribution in [3.8, 4) is 5.88 Å². The number of rotatable bonds is 1. The molecule has 1 rings (SSSR count). The van der Waals surface area contributed by atoms with Crippen molar-refractivity contribution in [3.63, 3.8) is 0 Å². The monoisotopic (exact) mass is 170 g/mol. The maximum atomic E-state index is 10.8. The molecule has 1 heterocycles. The van der Waals surface area contributed by atoms with Crippen LogP contribution in [-0.4, -0.2) is 20.9 Å². The third kappa shape index (κ3) is 1.26. The van der Waals surface area contributed by atoms with E-state index in [4.69, 9.17) is 5.11 Å². The summed E-state index contributed by atoms with van der Waals surface area (Å²) in [4.78, 5) is 35.7. The minimum atomic E-state index is -0.885. The second kappa shape index (κ2) is 2.65. The highest BCUT2D eigenvalue weighted by molar-refractivity contribution is 5.95. The summed E-state index contributed by atoms with van der Waals surface area (Å²) in [6, 6.07) is 0. The number of H-pyrrole nitrogens is 2. The second-order valence-electron chi connectivity index (χ2n) is 2.19. The molecule has 6 heteroatoms. The van der Waals surface area contributed by atoms with Crippen LogP contribution in [0.2, 0.25) is 0 Å². The van der Waals surface area contributed by atoms with Crippen LogP contribution < -0.4 is 11.2 Å². The van der Waals surface area contributed by atoms with Gasteiger partial charge in [-0.05, 0) is 6.92 Å². The first-order valence-corrected chi connectivity index (χ1v) is 3.09. The van der Waals surface area contributed by atoms with Crippen LogP contribution in [0.25, 0.3) is 0 Å². The third-order valence-corrected chi connectivity index (χ3v) is 1.27. The van der Waals surface area contributed by atoms with Gasteiger partial charge in [0.1, 0.15) is 5.56 Å². The Morgan fingerprint density at radius 2 is 1.92 bits per heavy atom. The Balaban J connectivity index is 3.60. The van der Waals surface area contributed by atoms with Gasteiger partial charge in [0.05, 0.1) is 0 Å². The van der Waals surface area contributed by atoms with Crippen LogP contribution in [0.5, 0.6) is 5.88 Å². The van der Waals surface area contributed by atoms with Crippen LogP contribution in [-0.2, 0) is 0 Å². The molecule has 1 aromatic heterocycles. The van der Waals surface area contributed by atoms with Crippen molar-refractivity contribution < 1.29 is 9.90 Å². The summed E-state index contributed by atoms with van der Waals surface area (Å²) in [6.45, 7) is 1.11. The highest BCUT2D eigenvalue weighted by Crippen LogP contribution is 2.04. The van der Waals surface area contributed by atoms with Gasteiger partial charge in [0.25, 0.3) is 5.56 Å². The normalized spacial score (nSPS) is 9.75. The number of hydrogen-bond acceptors (Lipinski definition) is 4. The summed E-state index contributed by atoms with van der Waals surface area (Å²) in [5.41, 5.74) is -2.17. The quantitative estimate of drug-likeness (QED) is 0.469. The van der Waals surface area contributed by atoms with E-state index in [1.165, 1.54) is 0 Å². The average molecular weight is 170 g/mol.